The molecule has 0 unspecified atom stereocenters. The number of hydrogen-bond acceptors (Lipinski definition) is 4. The number of aromatic nitrogens is 2. The number of piperidine rings is 1. The maximum atomic E-state index is 12.8. The maximum Gasteiger partial charge on any atom is 0.328 e. The van der Waals surface area contributed by atoms with Gasteiger partial charge in [0.15, 0.2) is 0 Å². The predicted octanol–water partition coefficient (Wildman–Crippen LogP) is 2.57. The van der Waals surface area contributed by atoms with E-state index in [0.29, 0.717) is 23.6 Å². The van der Waals surface area contributed by atoms with Gasteiger partial charge in [-0.1, -0.05) is 11.6 Å². The number of halogens is 1. The topological polar surface area (TPSA) is 93.4 Å². The second-order valence-electron chi connectivity index (χ2n) is 7.73. The Balaban J connectivity index is 1.43. The lowest BCUT2D eigenvalue weighted by Gasteiger charge is -2.30. The van der Waals surface area contributed by atoms with Crippen LogP contribution in [-0.2, 0) is 28.9 Å². The summed E-state index contributed by atoms with van der Waals surface area (Å²) in [6.07, 6.45) is 0.870. The molecule has 1 amide bonds. The summed E-state index contributed by atoms with van der Waals surface area (Å²) in [5.74, 6) is -0.434. The van der Waals surface area contributed by atoms with Crippen molar-refractivity contribution in [2.75, 3.05) is 18.4 Å². The van der Waals surface area contributed by atoms with Gasteiger partial charge in [-0.2, -0.15) is 4.31 Å². The van der Waals surface area contributed by atoms with E-state index >= 15 is 0 Å². The van der Waals surface area contributed by atoms with E-state index in [1.165, 1.54) is 21.0 Å². The van der Waals surface area contributed by atoms with Crippen molar-refractivity contribution in [3.63, 3.8) is 0 Å². The van der Waals surface area contributed by atoms with Gasteiger partial charge >= 0.3 is 5.69 Å². The Kier molecular flexibility index (Phi) is 5.67. The fourth-order valence-electron chi connectivity index (χ4n) is 3.94. The minimum Gasteiger partial charge on any atom is -0.326 e. The third-order valence-electron chi connectivity index (χ3n) is 5.82. The highest BCUT2D eigenvalue weighted by atomic mass is 35.5. The van der Waals surface area contributed by atoms with Gasteiger partial charge in [0.2, 0.25) is 15.9 Å². The first-order valence-corrected chi connectivity index (χ1v) is 11.7. The number of amides is 1. The van der Waals surface area contributed by atoms with Crippen molar-refractivity contribution < 1.29 is 13.2 Å². The first kappa shape index (κ1) is 21.6. The summed E-state index contributed by atoms with van der Waals surface area (Å²) in [5.41, 5.74) is 1.99. The summed E-state index contributed by atoms with van der Waals surface area (Å²) in [7, 11) is -0.219. The van der Waals surface area contributed by atoms with Crippen molar-refractivity contribution in [1.29, 1.82) is 0 Å². The van der Waals surface area contributed by atoms with Crippen LogP contribution in [0.4, 0.5) is 5.69 Å². The van der Waals surface area contributed by atoms with Crippen molar-refractivity contribution in [1.82, 2.24) is 13.4 Å². The van der Waals surface area contributed by atoms with Crippen LogP contribution in [0.5, 0.6) is 0 Å². The molecule has 1 fully saturated rings. The zero-order valence-corrected chi connectivity index (χ0v) is 18.8. The molecule has 4 rings (SSSR count). The highest BCUT2D eigenvalue weighted by Gasteiger charge is 2.32. The Morgan fingerprint density at radius 1 is 1.00 bits per heavy atom. The molecule has 1 aliphatic heterocycles. The Morgan fingerprint density at radius 2 is 1.61 bits per heavy atom. The lowest BCUT2D eigenvalue weighted by molar-refractivity contribution is -0.120. The number of hydrogen-bond donors (Lipinski definition) is 1. The number of benzene rings is 2. The van der Waals surface area contributed by atoms with Crippen LogP contribution in [0.2, 0.25) is 5.02 Å². The van der Waals surface area contributed by atoms with Gasteiger partial charge in [-0.25, -0.2) is 13.2 Å². The summed E-state index contributed by atoms with van der Waals surface area (Å²) in [6.45, 7) is 0.546. The van der Waals surface area contributed by atoms with Crippen LogP contribution in [0, 0.1) is 5.92 Å². The third-order valence-corrected chi connectivity index (χ3v) is 7.98. The molecule has 8 nitrogen and oxygen atoms in total. The Morgan fingerprint density at radius 3 is 2.26 bits per heavy atom. The number of carbonyl (C=O) groups is 1. The number of fused-ring (bicyclic) bond motifs is 1. The summed E-state index contributed by atoms with van der Waals surface area (Å²) in [5, 5.41) is 3.38. The van der Waals surface area contributed by atoms with Crippen molar-refractivity contribution in [2.24, 2.45) is 20.0 Å². The van der Waals surface area contributed by atoms with E-state index < -0.39 is 10.0 Å². The average Bonchev–Trinajstić information content (AvgIpc) is 2.98. The number of imidazole rings is 1. The smallest absolute Gasteiger partial charge is 0.326 e. The van der Waals surface area contributed by atoms with E-state index in [-0.39, 0.29) is 35.5 Å². The van der Waals surface area contributed by atoms with E-state index in [0.717, 1.165) is 11.0 Å². The number of nitrogens with one attached hydrogen (secondary N) is 1. The number of aryl methyl sites for hydroxylation is 2. The van der Waals surface area contributed by atoms with Crippen molar-refractivity contribution in [3.8, 4) is 0 Å². The quantitative estimate of drug-likeness (QED) is 0.644. The monoisotopic (exact) mass is 462 g/mol. The van der Waals surface area contributed by atoms with E-state index in [4.69, 9.17) is 11.6 Å². The molecular formula is C21H23ClN4O4S. The molecule has 0 atom stereocenters. The molecule has 2 aromatic carbocycles. The molecule has 0 radical (unpaired) electrons. The predicted molar refractivity (Wildman–Crippen MR) is 120 cm³/mol. The van der Waals surface area contributed by atoms with Gasteiger partial charge < -0.3 is 5.32 Å². The molecule has 164 valence electrons. The van der Waals surface area contributed by atoms with Gasteiger partial charge in [-0.3, -0.25) is 13.9 Å². The lowest BCUT2D eigenvalue weighted by atomic mass is 9.97. The molecule has 2 heterocycles. The van der Waals surface area contributed by atoms with Gasteiger partial charge in [0.05, 0.1) is 15.9 Å². The minimum atomic E-state index is -3.61. The average molecular weight is 463 g/mol. The molecule has 31 heavy (non-hydrogen) atoms. The maximum absolute atomic E-state index is 12.8. The fraction of sp³-hybridized carbons (Fsp3) is 0.333. The highest BCUT2D eigenvalue weighted by molar-refractivity contribution is 7.89. The first-order chi connectivity index (χ1) is 14.7. The van der Waals surface area contributed by atoms with E-state index in [9.17, 15) is 18.0 Å². The van der Waals surface area contributed by atoms with E-state index in [1.54, 1.807) is 49.0 Å². The Bertz CT molecular complexity index is 1300. The van der Waals surface area contributed by atoms with Crippen LogP contribution in [0.15, 0.2) is 52.2 Å². The van der Waals surface area contributed by atoms with Gasteiger partial charge in [-0.05, 0) is 55.3 Å². The second-order valence-corrected chi connectivity index (χ2v) is 10.1. The summed E-state index contributed by atoms with van der Waals surface area (Å²) in [4.78, 5) is 25.0. The number of nitrogens with zero attached hydrogens (tertiary/aromatic N) is 3. The van der Waals surface area contributed by atoms with Crippen molar-refractivity contribution in [3.05, 3.63) is 58.0 Å². The summed E-state index contributed by atoms with van der Waals surface area (Å²) >= 11 is 5.85. The fourth-order valence-corrected chi connectivity index (χ4v) is 5.54. The van der Waals surface area contributed by atoms with Gasteiger partial charge in [0.25, 0.3) is 0 Å². The van der Waals surface area contributed by atoms with Crippen LogP contribution in [0.3, 0.4) is 0 Å². The van der Waals surface area contributed by atoms with Crippen LogP contribution in [0.1, 0.15) is 12.8 Å². The molecule has 1 saturated heterocycles. The largest absolute Gasteiger partial charge is 0.328 e. The van der Waals surface area contributed by atoms with Crippen LogP contribution >= 0.6 is 11.6 Å². The minimum absolute atomic E-state index is 0.132. The molecule has 3 aromatic rings. The van der Waals surface area contributed by atoms with Crippen molar-refractivity contribution >= 4 is 44.3 Å². The van der Waals surface area contributed by atoms with Gasteiger partial charge in [-0.15, -0.1) is 0 Å². The number of sulfonamides is 1. The normalized spacial score (nSPS) is 16.0. The summed E-state index contributed by atoms with van der Waals surface area (Å²) in [6, 6.07) is 11.4. The molecule has 1 N–H and O–H groups in total. The van der Waals surface area contributed by atoms with Gasteiger partial charge in [0, 0.05) is 43.8 Å². The summed E-state index contributed by atoms with van der Waals surface area (Å²) < 4.78 is 30.1. The van der Waals surface area contributed by atoms with Crippen LogP contribution in [0.25, 0.3) is 11.0 Å². The molecule has 0 aliphatic carbocycles. The zero-order valence-electron chi connectivity index (χ0n) is 17.2. The molecule has 0 bridgehead atoms. The standard InChI is InChI=1S/C21H23ClN4O4S/c1-24-18-8-5-16(13-19(18)25(2)21(24)28)23-20(27)14-9-11-26(12-10-14)31(29,30)17-6-3-15(22)4-7-17/h3-8,13-14H,9-12H2,1-2H3,(H,23,27). The van der Waals surface area contributed by atoms with Crippen LogP contribution < -0.4 is 11.0 Å². The van der Waals surface area contributed by atoms with E-state index in [1.807, 2.05) is 0 Å². The second kappa shape index (κ2) is 8.14. The molecule has 0 spiro atoms. The highest BCUT2D eigenvalue weighted by Crippen LogP contribution is 2.26. The lowest BCUT2D eigenvalue weighted by Crippen LogP contribution is -2.41. The third kappa shape index (κ3) is 4.00. The molecule has 10 heteroatoms. The van der Waals surface area contributed by atoms with Crippen LogP contribution in [-0.4, -0.2) is 40.9 Å². The van der Waals surface area contributed by atoms with E-state index in [2.05, 4.69) is 5.32 Å². The first-order valence-electron chi connectivity index (χ1n) is 9.90. The number of rotatable bonds is 4. The van der Waals surface area contributed by atoms with Crippen molar-refractivity contribution in [2.45, 2.75) is 17.7 Å². The Labute approximate surface area is 185 Å². The zero-order chi connectivity index (χ0) is 22.3. The molecule has 0 saturated carbocycles. The molecule has 1 aromatic heterocycles. The molecule has 1 aliphatic rings. The Hall–Kier alpha value is -2.62. The van der Waals surface area contributed by atoms with Gasteiger partial charge in [0.1, 0.15) is 0 Å². The number of carbonyl (C=O) groups excluding carboxylic acids is 1. The molecular weight excluding hydrogens is 440 g/mol. The SMILES string of the molecule is Cn1c(=O)n(C)c2cc(NC(=O)C3CCN(S(=O)(=O)c4ccc(Cl)cc4)CC3)ccc21. The number of anilines is 1.